The summed E-state index contributed by atoms with van der Waals surface area (Å²) >= 11 is 0. The number of rotatable bonds is 4. The number of nitrogens with zero attached hydrogens (tertiary/aromatic N) is 2. The van der Waals surface area contributed by atoms with Crippen molar-refractivity contribution in [1.82, 2.24) is 9.80 Å². The highest BCUT2D eigenvalue weighted by atomic mass is 16.3. The number of aliphatic hydroxyl groups is 1. The Kier molecular flexibility index (Phi) is 3.73. The van der Waals surface area contributed by atoms with Crippen LogP contribution in [0.2, 0.25) is 0 Å². The van der Waals surface area contributed by atoms with E-state index in [1.807, 2.05) is 30.6 Å². The van der Waals surface area contributed by atoms with Crippen LogP contribution in [-0.2, 0) is 4.79 Å². The average Bonchev–Trinajstić information content (AvgIpc) is 2.14. The quantitative estimate of drug-likeness (QED) is 0.732. The predicted molar refractivity (Wildman–Crippen MR) is 59.6 cm³/mol. The van der Waals surface area contributed by atoms with Crippen molar-refractivity contribution >= 4 is 5.91 Å². The van der Waals surface area contributed by atoms with Crippen LogP contribution in [0.3, 0.4) is 0 Å². The number of carbonyl (C=O) groups is 1. The van der Waals surface area contributed by atoms with Gasteiger partial charge >= 0.3 is 0 Å². The lowest BCUT2D eigenvalue weighted by atomic mass is 9.94. The molecule has 0 aromatic heterocycles. The van der Waals surface area contributed by atoms with E-state index in [0.717, 1.165) is 13.1 Å². The highest BCUT2D eigenvalue weighted by molar-refractivity contribution is 5.81. The molecule has 1 aliphatic rings. The number of likely N-dealkylation sites (N-methyl/N-ethyl adjacent to an activating group) is 1. The number of hydrogen-bond donors (Lipinski definition) is 1. The Morgan fingerprint density at radius 3 is 2.27 bits per heavy atom. The maximum atomic E-state index is 12.0. The van der Waals surface area contributed by atoms with E-state index in [1.54, 1.807) is 6.92 Å². The molecule has 1 heterocycles. The molecule has 1 rings (SSSR count). The van der Waals surface area contributed by atoms with Crippen molar-refractivity contribution in [3.8, 4) is 0 Å². The molecule has 0 aromatic rings. The molecule has 4 heteroatoms. The summed E-state index contributed by atoms with van der Waals surface area (Å²) in [7, 11) is 0. The molecule has 15 heavy (non-hydrogen) atoms. The van der Waals surface area contributed by atoms with Crippen LogP contribution in [0.4, 0.5) is 0 Å². The maximum Gasteiger partial charge on any atom is 0.239 e. The number of likely N-dealkylation sites (tertiary alicyclic amines) is 1. The van der Waals surface area contributed by atoms with Crippen molar-refractivity contribution in [3.63, 3.8) is 0 Å². The Hall–Kier alpha value is -0.610. The number of amides is 1. The molecule has 1 N–H and O–H groups in total. The van der Waals surface area contributed by atoms with Gasteiger partial charge in [0.25, 0.3) is 0 Å². The molecule has 0 spiro atoms. The molecule has 1 fully saturated rings. The smallest absolute Gasteiger partial charge is 0.239 e. The molecule has 1 saturated heterocycles. The van der Waals surface area contributed by atoms with E-state index in [1.165, 1.54) is 0 Å². The standard InChI is InChI=1S/C11H22N2O2/c1-5-12(6-2)10(14)9(3)13-7-11(4,15)8-13/h9,15H,5-8H2,1-4H3. The second kappa shape index (κ2) is 4.49. The minimum absolute atomic E-state index is 0.106. The lowest BCUT2D eigenvalue weighted by molar-refractivity contribution is -0.147. The van der Waals surface area contributed by atoms with Gasteiger partial charge < -0.3 is 10.0 Å². The van der Waals surface area contributed by atoms with Crippen molar-refractivity contribution in [2.75, 3.05) is 26.2 Å². The number of β-amino-alcohol motifs (C(OH)–C–C–N with tert-alkyl or cyclic N) is 1. The second-order valence-corrected chi connectivity index (χ2v) is 4.59. The molecule has 0 bridgehead atoms. The van der Waals surface area contributed by atoms with Crippen LogP contribution in [0.5, 0.6) is 0 Å². The fourth-order valence-corrected chi connectivity index (χ4v) is 2.06. The van der Waals surface area contributed by atoms with Crippen molar-refractivity contribution in [2.45, 2.75) is 39.3 Å². The number of carbonyl (C=O) groups excluding carboxylic acids is 1. The summed E-state index contributed by atoms with van der Waals surface area (Å²) in [5, 5.41) is 9.60. The van der Waals surface area contributed by atoms with E-state index in [9.17, 15) is 9.90 Å². The third-order valence-corrected chi connectivity index (χ3v) is 3.07. The third-order valence-electron chi connectivity index (χ3n) is 3.07. The molecule has 88 valence electrons. The first-order valence-corrected chi connectivity index (χ1v) is 5.66. The number of hydrogen-bond acceptors (Lipinski definition) is 3. The van der Waals surface area contributed by atoms with Crippen LogP contribution in [0.25, 0.3) is 0 Å². The van der Waals surface area contributed by atoms with Crippen LogP contribution in [0.1, 0.15) is 27.7 Å². The largest absolute Gasteiger partial charge is 0.388 e. The van der Waals surface area contributed by atoms with Gasteiger partial charge in [0.15, 0.2) is 0 Å². The summed E-state index contributed by atoms with van der Waals surface area (Å²) in [6.07, 6.45) is 0. The average molecular weight is 214 g/mol. The van der Waals surface area contributed by atoms with Gasteiger partial charge in [0.2, 0.25) is 5.91 Å². The summed E-state index contributed by atoms with van der Waals surface area (Å²) in [5.41, 5.74) is -0.599. The van der Waals surface area contributed by atoms with E-state index in [0.29, 0.717) is 13.1 Å². The Morgan fingerprint density at radius 2 is 1.93 bits per heavy atom. The van der Waals surface area contributed by atoms with Crippen molar-refractivity contribution in [2.24, 2.45) is 0 Å². The van der Waals surface area contributed by atoms with Gasteiger partial charge in [-0.3, -0.25) is 9.69 Å². The Labute approximate surface area is 91.9 Å². The summed E-state index contributed by atoms with van der Waals surface area (Å²) in [6, 6.07) is -0.106. The van der Waals surface area contributed by atoms with E-state index >= 15 is 0 Å². The molecular formula is C11H22N2O2. The molecule has 4 nitrogen and oxygen atoms in total. The van der Waals surface area contributed by atoms with Gasteiger partial charge in [-0.2, -0.15) is 0 Å². The highest BCUT2D eigenvalue weighted by Crippen LogP contribution is 2.22. The Bertz CT molecular complexity index is 229. The zero-order valence-electron chi connectivity index (χ0n) is 10.2. The maximum absolute atomic E-state index is 12.0. The van der Waals surface area contributed by atoms with Crippen molar-refractivity contribution in [3.05, 3.63) is 0 Å². The fourth-order valence-electron chi connectivity index (χ4n) is 2.06. The normalized spacial score (nSPS) is 21.9. The van der Waals surface area contributed by atoms with Crippen LogP contribution >= 0.6 is 0 Å². The molecular weight excluding hydrogens is 192 g/mol. The van der Waals surface area contributed by atoms with Gasteiger partial charge in [0.1, 0.15) is 0 Å². The first-order chi connectivity index (χ1) is 6.91. The minimum Gasteiger partial charge on any atom is -0.388 e. The summed E-state index contributed by atoms with van der Waals surface area (Å²) in [5.74, 6) is 0.163. The predicted octanol–water partition coefficient (Wildman–Crippen LogP) is 0.310. The fraction of sp³-hybridized carbons (Fsp3) is 0.909. The summed E-state index contributed by atoms with van der Waals surface area (Å²) in [6.45, 7) is 10.4. The van der Waals surface area contributed by atoms with Gasteiger partial charge in [0, 0.05) is 26.2 Å². The highest BCUT2D eigenvalue weighted by Gasteiger charge is 2.41. The second-order valence-electron chi connectivity index (χ2n) is 4.59. The van der Waals surface area contributed by atoms with Gasteiger partial charge in [-0.05, 0) is 27.7 Å². The van der Waals surface area contributed by atoms with E-state index in [-0.39, 0.29) is 11.9 Å². The molecule has 1 unspecified atom stereocenters. The summed E-state index contributed by atoms with van der Waals surface area (Å²) in [4.78, 5) is 15.8. The zero-order valence-corrected chi connectivity index (χ0v) is 10.2. The monoisotopic (exact) mass is 214 g/mol. The van der Waals surface area contributed by atoms with Crippen LogP contribution in [0.15, 0.2) is 0 Å². The zero-order chi connectivity index (χ0) is 11.6. The van der Waals surface area contributed by atoms with E-state index in [4.69, 9.17) is 0 Å². The topological polar surface area (TPSA) is 43.8 Å². The Morgan fingerprint density at radius 1 is 1.47 bits per heavy atom. The van der Waals surface area contributed by atoms with Gasteiger partial charge in [-0.25, -0.2) is 0 Å². The lowest BCUT2D eigenvalue weighted by Crippen LogP contribution is -2.65. The van der Waals surface area contributed by atoms with Crippen LogP contribution in [0, 0.1) is 0 Å². The molecule has 1 atom stereocenters. The van der Waals surface area contributed by atoms with Crippen molar-refractivity contribution in [1.29, 1.82) is 0 Å². The SMILES string of the molecule is CCN(CC)C(=O)C(C)N1CC(C)(O)C1. The molecule has 0 aromatic carbocycles. The molecule has 0 aliphatic carbocycles. The first-order valence-electron chi connectivity index (χ1n) is 5.66. The van der Waals surface area contributed by atoms with Gasteiger partial charge in [-0.1, -0.05) is 0 Å². The third kappa shape index (κ3) is 2.69. The molecule has 0 radical (unpaired) electrons. The molecule has 0 saturated carbocycles. The van der Waals surface area contributed by atoms with E-state index < -0.39 is 5.60 Å². The van der Waals surface area contributed by atoms with Crippen molar-refractivity contribution < 1.29 is 9.90 Å². The van der Waals surface area contributed by atoms with E-state index in [2.05, 4.69) is 0 Å². The molecule has 1 amide bonds. The Balaban J connectivity index is 2.47. The van der Waals surface area contributed by atoms with Crippen LogP contribution < -0.4 is 0 Å². The summed E-state index contributed by atoms with van der Waals surface area (Å²) < 4.78 is 0. The lowest BCUT2D eigenvalue weighted by Gasteiger charge is -2.47. The minimum atomic E-state index is -0.599. The van der Waals surface area contributed by atoms with Gasteiger partial charge in [-0.15, -0.1) is 0 Å². The van der Waals surface area contributed by atoms with Gasteiger partial charge in [0.05, 0.1) is 11.6 Å². The first kappa shape index (κ1) is 12.5. The van der Waals surface area contributed by atoms with Crippen LogP contribution in [-0.4, -0.2) is 58.6 Å². The molecule has 1 aliphatic heterocycles.